The molecule has 11 heteroatoms. The zero-order valence-corrected chi connectivity index (χ0v) is 27.6. The summed E-state index contributed by atoms with van der Waals surface area (Å²) in [6.45, 7) is 4.70. The van der Waals surface area contributed by atoms with Crippen LogP contribution >= 0.6 is 46.1 Å². The lowest BCUT2D eigenvalue weighted by molar-refractivity contribution is 0.0740. The van der Waals surface area contributed by atoms with Crippen LogP contribution in [0.1, 0.15) is 44.8 Å². The van der Waals surface area contributed by atoms with E-state index in [0.29, 0.717) is 56.2 Å². The maximum atomic E-state index is 13.2. The molecule has 6 rings (SSSR count). The number of carbonyl (C=O) groups excluding carboxylic acids is 1. The standard InChI is InChI=1S/C35H25Cl3N2O5S/c1-3-42-28-12-20(8-11-26(28)43-17-19-6-4-18(2)5-7-19)30-23-10-9-22(15-27(23)45-34(40)24(30)16-39)44-35(41)33-32(38)31-25(37)13-21(36)14-29(31)46-33/h4-15,30H,3,17,40H2,1-2H3. The molecule has 0 bridgehead atoms. The Hall–Kier alpha value is -4.39. The van der Waals surface area contributed by atoms with Gasteiger partial charge in [-0.15, -0.1) is 11.3 Å². The molecule has 0 aliphatic carbocycles. The number of hydrogen-bond acceptors (Lipinski definition) is 8. The van der Waals surface area contributed by atoms with Crippen molar-refractivity contribution in [2.75, 3.05) is 6.61 Å². The summed E-state index contributed by atoms with van der Waals surface area (Å²) in [5.41, 5.74) is 10.1. The van der Waals surface area contributed by atoms with Gasteiger partial charge in [-0.2, -0.15) is 5.26 Å². The highest BCUT2D eigenvalue weighted by atomic mass is 35.5. The lowest BCUT2D eigenvalue weighted by Gasteiger charge is -2.27. The molecule has 5 aromatic rings. The van der Waals surface area contributed by atoms with Crippen molar-refractivity contribution in [3.8, 4) is 29.1 Å². The molecule has 1 atom stereocenters. The number of fused-ring (bicyclic) bond motifs is 2. The SMILES string of the molecule is CCOc1cc(C2C(C#N)=C(N)Oc3cc(OC(=O)c4sc5cc(Cl)cc(Cl)c5c4Cl)ccc32)ccc1OCc1ccc(C)cc1. The number of thiophene rings is 1. The number of allylic oxidation sites excluding steroid dienone is 1. The predicted molar refractivity (Wildman–Crippen MR) is 181 cm³/mol. The molecule has 0 radical (unpaired) electrons. The van der Waals surface area contributed by atoms with Crippen LogP contribution in [-0.2, 0) is 6.61 Å². The van der Waals surface area contributed by atoms with Gasteiger partial charge in [-0.3, -0.25) is 0 Å². The Bertz CT molecular complexity index is 2070. The van der Waals surface area contributed by atoms with E-state index in [2.05, 4.69) is 6.07 Å². The fourth-order valence-corrected chi connectivity index (χ4v) is 7.42. The van der Waals surface area contributed by atoms with Gasteiger partial charge in [-0.05, 0) is 55.3 Å². The van der Waals surface area contributed by atoms with E-state index in [9.17, 15) is 10.1 Å². The summed E-state index contributed by atoms with van der Waals surface area (Å²) in [5.74, 6) is 0.329. The van der Waals surface area contributed by atoms with Crippen LogP contribution in [0.5, 0.6) is 23.0 Å². The van der Waals surface area contributed by atoms with Crippen LogP contribution in [0.3, 0.4) is 0 Å². The maximum Gasteiger partial charge on any atom is 0.355 e. The van der Waals surface area contributed by atoms with Crippen LogP contribution in [0.2, 0.25) is 15.1 Å². The Morgan fingerprint density at radius 3 is 2.52 bits per heavy atom. The zero-order chi connectivity index (χ0) is 32.5. The monoisotopic (exact) mass is 690 g/mol. The lowest BCUT2D eigenvalue weighted by atomic mass is 9.83. The molecule has 1 aromatic heterocycles. The van der Waals surface area contributed by atoms with E-state index in [1.165, 1.54) is 5.56 Å². The van der Waals surface area contributed by atoms with Gasteiger partial charge in [0, 0.05) is 26.7 Å². The highest BCUT2D eigenvalue weighted by molar-refractivity contribution is 7.21. The number of benzene rings is 4. The Kier molecular flexibility index (Phi) is 9.03. The first kappa shape index (κ1) is 31.6. The Morgan fingerprint density at radius 1 is 1.00 bits per heavy atom. The second-order valence-corrected chi connectivity index (χ2v) is 12.7. The Labute approximate surface area is 284 Å². The van der Waals surface area contributed by atoms with Gasteiger partial charge >= 0.3 is 5.97 Å². The molecule has 1 aliphatic heterocycles. The van der Waals surface area contributed by atoms with Crippen molar-refractivity contribution in [1.82, 2.24) is 0 Å². The predicted octanol–water partition coefficient (Wildman–Crippen LogP) is 9.58. The minimum atomic E-state index is -0.672. The minimum Gasteiger partial charge on any atom is -0.490 e. The number of nitrogens with two attached hydrogens (primary N) is 1. The number of nitrogens with zero attached hydrogens (tertiary/aromatic N) is 1. The quantitative estimate of drug-likeness (QED) is 0.128. The van der Waals surface area contributed by atoms with Crippen LogP contribution in [0.4, 0.5) is 0 Å². The van der Waals surface area contributed by atoms with Gasteiger partial charge in [0.2, 0.25) is 5.88 Å². The van der Waals surface area contributed by atoms with E-state index in [-0.39, 0.29) is 27.1 Å². The first-order valence-corrected chi connectivity index (χ1v) is 16.1. The van der Waals surface area contributed by atoms with Gasteiger partial charge < -0.3 is 24.7 Å². The minimum absolute atomic E-state index is 0.0554. The van der Waals surface area contributed by atoms with Crippen molar-refractivity contribution >= 4 is 62.2 Å². The molecule has 0 saturated carbocycles. The highest BCUT2D eigenvalue weighted by Crippen LogP contribution is 2.46. The van der Waals surface area contributed by atoms with Gasteiger partial charge in [0.05, 0.1) is 22.6 Å². The smallest absolute Gasteiger partial charge is 0.355 e. The highest BCUT2D eigenvalue weighted by Gasteiger charge is 2.32. The van der Waals surface area contributed by atoms with E-state index < -0.39 is 11.9 Å². The molecule has 0 fully saturated rings. The molecule has 4 aromatic carbocycles. The number of halogens is 3. The van der Waals surface area contributed by atoms with Gasteiger partial charge in [0.15, 0.2) is 11.5 Å². The summed E-state index contributed by atoms with van der Waals surface area (Å²) in [6, 6.07) is 24.0. The Balaban J connectivity index is 1.30. The van der Waals surface area contributed by atoms with Gasteiger partial charge in [0.1, 0.15) is 34.6 Å². The third kappa shape index (κ3) is 6.20. The third-order valence-electron chi connectivity index (χ3n) is 7.35. The average Bonchev–Trinajstić information content (AvgIpc) is 3.36. The Morgan fingerprint density at radius 2 is 1.78 bits per heavy atom. The second kappa shape index (κ2) is 13.1. The van der Waals surface area contributed by atoms with Crippen molar-refractivity contribution in [2.24, 2.45) is 5.73 Å². The normalized spacial score (nSPS) is 14.0. The van der Waals surface area contributed by atoms with Crippen molar-refractivity contribution in [2.45, 2.75) is 26.4 Å². The molecule has 232 valence electrons. The number of ether oxygens (including phenoxy) is 4. The fraction of sp³-hybridized carbons (Fsp3) is 0.143. The topological polar surface area (TPSA) is 104 Å². The zero-order valence-electron chi connectivity index (χ0n) is 24.5. The first-order chi connectivity index (χ1) is 22.2. The van der Waals surface area contributed by atoms with Crippen molar-refractivity contribution in [1.29, 1.82) is 5.26 Å². The number of hydrogen-bond donors (Lipinski definition) is 1. The maximum absolute atomic E-state index is 13.2. The number of rotatable bonds is 8. The van der Waals surface area contributed by atoms with Crippen LogP contribution in [0.25, 0.3) is 10.1 Å². The molecule has 2 N–H and O–H groups in total. The van der Waals surface area contributed by atoms with Crippen LogP contribution < -0.4 is 24.7 Å². The summed E-state index contributed by atoms with van der Waals surface area (Å²) in [7, 11) is 0. The van der Waals surface area contributed by atoms with Gasteiger partial charge in [-0.25, -0.2) is 4.79 Å². The second-order valence-electron chi connectivity index (χ2n) is 10.4. The molecular formula is C35H25Cl3N2O5S. The van der Waals surface area contributed by atoms with E-state index in [1.54, 1.807) is 30.3 Å². The van der Waals surface area contributed by atoms with E-state index in [0.717, 1.165) is 22.5 Å². The van der Waals surface area contributed by atoms with Crippen molar-refractivity contribution in [3.63, 3.8) is 0 Å². The first-order valence-electron chi connectivity index (χ1n) is 14.1. The third-order valence-corrected chi connectivity index (χ3v) is 9.48. The van der Waals surface area contributed by atoms with Crippen LogP contribution in [0.15, 0.2) is 84.3 Å². The van der Waals surface area contributed by atoms with Crippen LogP contribution in [0, 0.1) is 18.3 Å². The van der Waals surface area contributed by atoms with Gasteiger partial charge in [-0.1, -0.05) is 76.8 Å². The van der Waals surface area contributed by atoms with E-state index in [4.69, 9.17) is 59.5 Å². The summed E-state index contributed by atoms with van der Waals surface area (Å²) in [6.07, 6.45) is 0. The molecule has 46 heavy (non-hydrogen) atoms. The van der Waals surface area contributed by atoms with E-state index >= 15 is 0 Å². The number of nitriles is 1. The number of esters is 1. The van der Waals surface area contributed by atoms with E-state index in [1.807, 2.05) is 56.3 Å². The number of carbonyl (C=O) groups is 1. The largest absolute Gasteiger partial charge is 0.490 e. The van der Waals surface area contributed by atoms with Gasteiger partial charge in [0.25, 0.3) is 0 Å². The molecule has 0 amide bonds. The molecule has 2 heterocycles. The molecular weight excluding hydrogens is 667 g/mol. The average molecular weight is 692 g/mol. The molecule has 1 aliphatic rings. The molecule has 1 unspecified atom stereocenters. The van der Waals surface area contributed by atoms with Crippen LogP contribution in [-0.4, -0.2) is 12.6 Å². The summed E-state index contributed by atoms with van der Waals surface area (Å²) in [5, 5.41) is 11.6. The summed E-state index contributed by atoms with van der Waals surface area (Å²) in [4.78, 5) is 13.4. The number of aryl methyl sites for hydroxylation is 1. The summed E-state index contributed by atoms with van der Waals surface area (Å²) < 4.78 is 24.2. The fourth-order valence-electron chi connectivity index (χ4n) is 5.18. The lowest BCUT2D eigenvalue weighted by Crippen LogP contribution is -2.21. The molecule has 0 spiro atoms. The summed E-state index contributed by atoms with van der Waals surface area (Å²) >= 11 is 20.1. The van der Waals surface area contributed by atoms with Crippen molar-refractivity contribution in [3.05, 3.63) is 126 Å². The molecule has 7 nitrogen and oxygen atoms in total. The van der Waals surface area contributed by atoms with Crippen molar-refractivity contribution < 1.29 is 23.7 Å². The molecule has 0 saturated heterocycles.